The Balaban J connectivity index is 1.34. The number of carbonyl (C=O) groups is 3. The van der Waals surface area contributed by atoms with Crippen LogP contribution in [0.5, 0.6) is 0 Å². The highest BCUT2D eigenvalue weighted by molar-refractivity contribution is 5.95. The Labute approximate surface area is 177 Å². The Kier molecular flexibility index (Phi) is 7.60. The summed E-state index contributed by atoms with van der Waals surface area (Å²) in [5.41, 5.74) is 2.29. The number of nitrogens with zero attached hydrogens (tertiary/aromatic N) is 1. The maximum atomic E-state index is 12.5. The summed E-state index contributed by atoms with van der Waals surface area (Å²) in [5, 5.41) is 5.94. The third-order valence-electron chi connectivity index (χ3n) is 5.46. The van der Waals surface area contributed by atoms with Gasteiger partial charge in [0.15, 0.2) is 0 Å². The summed E-state index contributed by atoms with van der Waals surface area (Å²) in [7, 11) is 0. The lowest BCUT2D eigenvalue weighted by Crippen LogP contribution is -2.46. The van der Waals surface area contributed by atoms with Crippen molar-refractivity contribution in [3.8, 4) is 0 Å². The van der Waals surface area contributed by atoms with Gasteiger partial charge in [-0.25, -0.2) is 0 Å². The molecular formula is C24H29N3O3. The van der Waals surface area contributed by atoms with Gasteiger partial charge in [0.1, 0.15) is 0 Å². The number of hydrogen-bond donors (Lipinski definition) is 2. The van der Waals surface area contributed by atoms with Gasteiger partial charge in [-0.3, -0.25) is 14.4 Å². The number of benzene rings is 2. The third-order valence-corrected chi connectivity index (χ3v) is 5.46. The number of carbonyl (C=O) groups excluding carboxylic acids is 3. The molecular weight excluding hydrogens is 378 g/mol. The molecule has 0 aliphatic carbocycles. The standard InChI is InChI=1S/C24H29N3O3/c1-18-8-5-6-11-21(18)24(30)26-20-13-16-27(17-14-20)22(28)12-7-15-25-23(29)19-9-3-2-4-10-19/h2-6,8-11,20H,7,12-17H2,1H3,(H,25,29)(H,26,30). The molecule has 6 nitrogen and oxygen atoms in total. The predicted molar refractivity (Wildman–Crippen MR) is 116 cm³/mol. The van der Waals surface area contributed by atoms with E-state index in [2.05, 4.69) is 10.6 Å². The number of likely N-dealkylation sites (tertiary alicyclic amines) is 1. The van der Waals surface area contributed by atoms with Gasteiger partial charge in [-0.15, -0.1) is 0 Å². The zero-order chi connectivity index (χ0) is 21.3. The van der Waals surface area contributed by atoms with Gasteiger partial charge in [-0.1, -0.05) is 36.4 Å². The van der Waals surface area contributed by atoms with Crippen LogP contribution in [0.3, 0.4) is 0 Å². The lowest BCUT2D eigenvalue weighted by Gasteiger charge is -2.32. The van der Waals surface area contributed by atoms with Crippen LogP contribution in [-0.2, 0) is 4.79 Å². The Morgan fingerprint density at radius 1 is 0.933 bits per heavy atom. The summed E-state index contributed by atoms with van der Waals surface area (Å²) in [6.45, 7) is 3.70. The summed E-state index contributed by atoms with van der Waals surface area (Å²) in [6.07, 6.45) is 2.54. The summed E-state index contributed by atoms with van der Waals surface area (Å²) in [5.74, 6) is -0.0621. The molecule has 0 radical (unpaired) electrons. The number of aryl methyl sites for hydroxylation is 1. The first-order chi connectivity index (χ1) is 14.5. The van der Waals surface area contributed by atoms with Crippen LogP contribution in [0.4, 0.5) is 0 Å². The smallest absolute Gasteiger partial charge is 0.251 e. The van der Waals surface area contributed by atoms with Crippen molar-refractivity contribution in [1.82, 2.24) is 15.5 Å². The molecule has 0 atom stereocenters. The van der Waals surface area contributed by atoms with Crippen LogP contribution in [0, 0.1) is 6.92 Å². The molecule has 1 aliphatic heterocycles. The van der Waals surface area contributed by atoms with Crippen LogP contribution in [0.25, 0.3) is 0 Å². The molecule has 0 bridgehead atoms. The zero-order valence-corrected chi connectivity index (χ0v) is 17.4. The van der Waals surface area contributed by atoms with E-state index in [4.69, 9.17) is 0 Å². The van der Waals surface area contributed by atoms with Gasteiger partial charge >= 0.3 is 0 Å². The Morgan fingerprint density at radius 2 is 1.60 bits per heavy atom. The highest BCUT2D eigenvalue weighted by Crippen LogP contribution is 2.14. The fourth-order valence-electron chi connectivity index (χ4n) is 3.66. The van der Waals surface area contributed by atoms with Crippen LogP contribution in [0.15, 0.2) is 54.6 Å². The average molecular weight is 408 g/mol. The fraction of sp³-hybridized carbons (Fsp3) is 0.375. The van der Waals surface area contributed by atoms with Gasteiger partial charge in [0, 0.05) is 43.2 Å². The molecule has 1 heterocycles. The van der Waals surface area contributed by atoms with Gasteiger partial charge in [0.2, 0.25) is 5.91 Å². The minimum Gasteiger partial charge on any atom is -0.352 e. The van der Waals surface area contributed by atoms with Crippen molar-refractivity contribution in [2.24, 2.45) is 0 Å². The number of hydrogen-bond acceptors (Lipinski definition) is 3. The van der Waals surface area contributed by atoms with Crippen molar-refractivity contribution in [2.45, 2.75) is 38.6 Å². The van der Waals surface area contributed by atoms with E-state index in [-0.39, 0.29) is 23.8 Å². The van der Waals surface area contributed by atoms with Crippen molar-refractivity contribution < 1.29 is 14.4 Å². The molecule has 1 aliphatic rings. The third kappa shape index (κ3) is 5.92. The van der Waals surface area contributed by atoms with Crippen molar-refractivity contribution >= 4 is 17.7 Å². The lowest BCUT2D eigenvalue weighted by atomic mass is 10.0. The van der Waals surface area contributed by atoms with Crippen molar-refractivity contribution in [2.75, 3.05) is 19.6 Å². The van der Waals surface area contributed by atoms with E-state index in [1.807, 2.05) is 54.3 Å². The fourth-order valence-corrected chi connectivity index (χ4v) is 3.66. The largest absolute Gasteiger partial charge is 0.352 e. The normalized spacial score (nSPS) is 14.2. The van der Waals surface area contributed by atoms with Gasteiger partial charge in [0.25, 0.3) is 11.8 Å². The molecule has 0 saturated carbocycles. The second kappa shape index (κ2) is 10.6. The van der Waals surface area contributed by atoms with Crippen LogP contribution in [0.1, 0.15) is 52.0 Å². The summed E-state index contributed by atoms with van der Waals surface area (Å²) < 4.78 is 0. The van der Waals surface area contributed by atoms with Crippen LogP contribution in [-0.4, -0.2) is 48.3 Å². The molecule has 1 saturated heterocycles. The molecule has 2 aromatic carbocycles. The van der Waals surface area contributed by atoms with E-state index in [0.717, 1.165) is 18.4 Å². The summed E-state index contributed by atoms with van der Waals surface area (Å²) >= 11 is 0. The molecule has 30 heavy (non-hydrogen) atoms. The van der Waals surface area contributed by atoms with Crippen LogP contribution < -0.4 is 10.6 Å². The molecule has 0 spiro atoms. The minimum absolute atomic E-state index is 0.0490. The van der Waals surface area contributed by atoms with E-state index >= 15 is 0 Å². The van der Waals surface area contributed by atoms with Gasteiger partial charge in [0.05, 0.1) is 0 Å². The first-order valence-electron chi connectivity index (χ1n) is 10.5. The molecule has 3 amide bonds. The maximum Gasteiger partial charge on any atom is 0.251 e. The van der Waals surface area contributed by atoms with E-state index < -0.39 is 0 Å². The Morgan fingerprint density at radius 3 is 2.30 bits per heavy atom. The molecule has 2 aromatic rings. The molecule has 158 valence electrons. The van der Waals surface area contributed by atoms with Crippen LogP contribution >= 0.6 is 0 Å². The molecule has 1 fully saturated rings. The van der Waals surface area contributed by atoms with E-state index in [0.29, 0.717) is 43.6 Å². The molecule has 6 heteroatoms. The minimum atomic E-state index is -0.117. The average Bonchev–Trinajstić information content (AvgIpc) is 2.77. The van der Waals surface area contributed by atoms with E-state index in [1.165, 1.54) is 0 Å². The van der Waals surface area contributed by atoms with Gasteiger partial charge in [-0.05, 0) is 49.9 Å². The van der Waals surface area contributed by atoms with Crippen molar-refractivity contribution in [3.05, 3.63) is 71.3 Å². The van der Waals surface area contributed by atoms with Crippen molar-refractivity contribution in [1.29, 1.82) is 0 Å². The van der Waals surface area contributed by atoms with Gasteiger partial charge < -0.3 is 15.5 Å². The number of piperidine rings is 1. The lowest BCUT2D eigenvalue weighted by molar-refractivity contribution is -0.132. The van der Waals surface area contributed by atoms with Gasteiger partial charge in [-0.2, -0.15) is 0 Å². The summed E-state index contributed by atoms with van der Waals surface area (Å²) in [4.78, 5) is 38.7. The second-order valence-corrected chi connectivity index (χ2v) is 7.67. The highest BCUT2D eigenvalue weighted by Gasteiger charge is 2.24. The molecule has 2 N–H and O–H groups in total. The number of rotatable bonds is 7. The maximum absolute atomic E-state index is 12.5. The predicted octanol–water partition coefficient (Wildman–Crippen LogP) is 2.93. The first-order valence-corrected chi connectivity index (χ1v) is 10.5. The second-order valence-electron chi connectivity index (χ2n) is 7.67. The summed E-state index contributed by atoms with van der Waals surface area (Å²) in [6, 6.07) is 16.7. The number of nitrogens with one attached hydrogen (secondary N) is 2. The molecule has 3 rings (SSSR count). The Hall–Kier alpha value is -3.15. The number of amides is 3. The quantitative estimate of drug-likeness (QED) is 0.693. The molecule has 0 aromatic heterocycles. The van der Waals surface area contributed by atoms with Crippen molar-refractivity contribution in [3.63, 3.8) is 0 Å². The van der Waals surface area contributed by atoms with Crippen LogP contribution in [0.2, 0.25) is 0 Å². The first kappa shape index (κ1) is 21.6. The Bertz CT molecular complexity index is 874. The molecule has 0 unspecified atom stereocenters. The van der Waals surface area contributed by atoms with E-state index in [1.54, 1.807) is 12.1 Å². The topological polar surface area (TPSA) is 78.5 Å². The zero-order valence-electron chi connectivity index (χ0n) is 17.4. The van der Waals surface area contributed by atoms with E-state index in [9.17, 15) is 14.4 Å². The highest BCUT2D eigenvalue weighted by atomic mass is 16.2. The SMILES string of the molecule is Cc1ccccc1C(=O)NC1CCN(C(=O)CCCNC(=O)c2ccccc2)CC1. The monoisotopic (exact) mass is 407 g/mol.